The highest BCUT2D eigenvalue weighted by Crippen LogP contribution is 2.37. The van der Waals surface area contributed by atoms with Crippen LogP contribution >= 0.6 is 23.2 Å². The van der Waals surface area contributed by atoms with Crippen molar-refractivity contribution >= 4 is 34.8 Å². The number of benzene rings is 1. The fourth-order valence-electron chi connectivity index (χ4n) is 2.52. The maximum atomic E-state index is 11.2. The van der Waals surface area contributed by atoms with Gasteiger partial charge in [-0.05, 0) is 43.7 Å². The number of likely N-dealkylation sites (N-methyl/N-ethyl adjacent to an activating group) is 1. The molecule has 1 saturated carbocycles. The van der Waals surface area contributed by atoms with E-state index in [-0.39, 0.29) is 11.4 Å². The molecule has 3 rings (SSSR count). The Balaban J connectivity index is 1.82. The van der Waals surface area contributed by atoms with Gasteiger partial charge in [0.2, 0.25) is 5.91 Å². The normalized spacial score (nSPS) is 14.9. The van der Waals surface area contributed by atoms with E-state index in [1.807, 2.05) is 19.2 Å². The molecule has 0 aliphatic heterocycles. The third-order valence-electron chi connectivity index (χ3n) is 4.30. The predicted molar refractivity (Wildman–Crippen MR) is 101 cm³/mol. The number of halogens is 2. The molecule has 0 spiro atoms. The van der Waals surface area contributed by atoms with Crippen LogP contribution in [0.2, 0.25) is 10.2 Å². The molecule has 0 bridgehead atoms. The molecular weight excluding hydrogens is 361 g/mol. The van der Waals surface area contributed by atoms with Gasteiger partial charge in [-0.3, -0.25) is 4.79 Å². The summed E-state index contributed by atoms with van der Waals surface area (Å²) < 4.78 is 5.87. The van der Waals surface area contributed by atoms with Crippen LogP contribution in [0.25, 0.3) is 11.1 Å². The Bertz CT molecular complexity index is 807. The van der Waals surface area contributed by atoms with Crippen LogP contribution in [-0.2, 0) is 4.79 Å². The second-order valence-corrected chi connectivity index (χ2v) is 6.97. The highest BCUT2D eigenvalue weighted by Gasteiger charge is 2.41. The summed E-state index contributed by atoms with van der Waals surface area (Å²) in [6.07, 6.45) is 3.83. The summed E-state index contributed by atoms with van der Waals surface area (Å²) in [4.78, 5) is 15.4. The number of nitrogens with one attached hydrogen (secondary N) is 2. The van der Waals surface area contributed by atoms with E-state index in [9.17, 15) is 4.79 Å². The molecule has 0 unspecified atom stereocenters. The molecule has 1 amide bonds. The van der Waals surface area contributed by atoms with E-state index in [0.29, 0.717) is 28.2 Å². The van der Waals surface area contributed by atoms with Gasteiger partial charge in [-0.25, -0.2) is 4.98 Å². The number of nitrogens with zero attached hydrogens (tertiary/aromatic N) is 1. The standard InChI is InChI=1S/C18H19Cl2N3O2/c1-11(24)23-16-4-3-12(7-15(16)19)14-8-13(9-22-17(14)20)25-10-18(21-2)5-6-18/h3-4,7-9,21H,5-6,10H2,1-2H3,(H,23,24). The van der Waals surface area contributed by atoms with Crippen LogP contribution in [0, 0.1) is 0 Å². The van der Waals surface area contributed by atoms with Gasteiger partial charge in [-0.1, -0.05) is 29.3 Å². The highest BCUT2D eigenvalue weighted by atomic mass is 35.5. The number of hydrogen-bond acceptors (Lipinski definition) is 4. The Kier molecular flexibility index (Phi) is 5.18. The molecule has 132 valence electrons. The monoisotopic (exact) mass is 379 g/mol. The van der Waals surface area contributed by atoms with E-state index in [2.05, 4.69) is 15.6 Å². The smallest absolute Gasteiger partial charge is 0.221 e. The first kappa shape index (κ1) is 18.0. The van der Waals surface area contributed by atoms with E-state index in [0.717, 1.165) is 24.0 Å². The fourth-order valence-corrected chi connectivity index (χ4v) is 2.96. The number of anilines is 1. The lowest BCUT2D eigenvalue weighted by molar-refractivity contribution is -0.114. The van der Waals surface area contributed by atoms with Crippen molar-refractivity contribution in [2.24, 2.45) is 0 Å². The van der Waals surface area contributed by atoms with Crippen LogP contribution in [0.4, 0.5) is 5.69 Å². The molecule has 1 aromatic heterocycles. The zero-order valence-electron chi connectivity index (χ0n) is 14.0. The van der Waals surface area contributed by atoms with E-state index >= 15 is 0 Å². The largest absolute Gasteiger partial charge is 0.490 e. The minimum Gasteiger partial charge on any atom is -0.490 e. The second-order valence-electron chi connectivity index (χ2n) is 6.20. The highest BCUT2D eigenvalue weighted by molar-refractivity contribution is 6.34. The molecule has 0 saturated heterocycles. The third-order valence-corrected chi connectivity index (χ3v) is 4.92. The Morgan fingerprint density at radius 1 is 1.32 bits per heavy atom. The van der Waals surface area contributed by atoms with Gasteiger partial charge in [0.05, 0.1) is 22.4 Å². The number of hydrogen-bond donors (Lipinski definition) is 2. The minimum atomic E-state index is -0.178. The number of aromatic nitrogens is 1. The van der Waals surface area contributed by atoms with Crippen LogP contribution in [0.5, 0.6) is 5.75 Å². The van der Waals surface area contributed by atoms with Gasteiger partial charge < -0.3 is 15.4 Å². The summed E-state index contributed by atoms with van der Waals surface area (Å²) in [7, 11) is 1.94. The molecule has 1 aliphatic rings. The molecule has 1 fully saturated rings. The van der Waals surface area contributed by atoms with E-state index < -0.39 is 0 Å². The van der Waals surface area contributed by atoms with Crippen LogP contribution in [0.15, 0.2) is 30.5 Å². The zero-order chi connectivity index (χ0) is 18.0. The maximum Gasteiger partial charge on any atom is 0.221 e. The number of rotatable bonds is 6. The van der Waals surface area contributed by atoms with Crippen molar-refractivity contribution in [3.63, 3.8) is 0 Å². The number of amides is 1. The summed E-state index contributed by atoms with van der Waals surface area (Å²) in [5, 5.41) is 6.76. The Labute approximate surface area is 156 Å². The van der Waals surface area contributed by atoms with Crippen molar-refractivity contribution in [3.8, 4) is 16.9 Å². The Morgan fingerprint density at radius 2 is 2.08 bits per heavy atom. The summed E-state index contributed by atoms with van der Waals surface area (Å²) in [6.45, 7) is 2.03. The quantitative estimate of drug-likeness (QED) is 0.740. The minimum absolute atomic E-state index is 0.0864. The molecule has 0 radical (unpaired) electrons. The Hall–Kier alpha value is -1.82. The molecule has 1 aliphatic carbocycles. The molecule has 2 N–H and O–H groups in total. The predicted octanol–water partition coefficient (Wildman–Crippen LogP) is 4.14. The lowest BCUT2D eigenvalue weighted by Crippen LogP contribution is -2.33. The maximum absolute atomic E-state index is 11.2. The van der Waals surface area contributed by atoms with Gasteiger partial charge in [0.1, 0.15) is 17.5 Å². The molecule has 2 aromatic rings. The van der Waals surface area contributed by atoms with Crippen molar-refractivity contribution in [2.75, 3.05) is 19.0 Å². The van der Waals surface area contributed by atoms with Gasteiger partial charge in [0.25, 0.3) is 0 Å². The molecule has 7 heteroatoms. The lowest BCUT2D eigenvalue weighted by atomic mass is 10.1. The second kappa shape index (κ2) is 7.20. The summed E-state index contributed by atoms with van der Waals surface area (Å²) in [6, 6.07) is 7.17. The fraction of sp³-hybridized carbons (Fsp3) is 0.333. The number of pyridine rings is 1. The Morgan fingerprint density at radius 3 is 2.68 bits per heavy atom. The van der Waals surface area contributed by atoms with Crippen molar-refractivity contribution in [2.45, 2.75) is 25.3 Å². The average molecular weight is 380 g/mol. The van der Waals surface area contributed by atoms with Crippen LogP contribution < -0.4 is 15.4 Å². The summed E-state index contributed by atoms with van der Waals surface area (Å²) in [5.74, 6) is 0.478. The molecule has 1 aromatic carbocycles. The molecule has 1 heterocycles. The van der Waals surface area contributed by atoms with Gasteiger partial charge in [0.15, 0.2) is 0 Å². The van der Waals surface area contributed by atoms with Gasteiger partial charge in [-0.2, -0.15) is 0 Å². The van der Waals surface area contributed by atoms with Crippen LogP contribution in [0.3, 0.4) is 0 Å². The zero-order valence-corrected chi connectivity index (χ0v) is 15.5. The number of carbonyl (C=O) groups excluding carboxylic acids is 1. The van der Waals surface area contributed by atoms with Crippen molar-refractivity contribution < 1.29 is 9.53 Å². The van der Waals surface area contributed by atoms with Gasteiger partial charge in [0, 0.05) is 12.5 Å². The first-order valence-electron chi connectivity index (χ1n) is 7.97. The van der Waals surface area contributed by atoms with E-state index in [4.69, 9.17) is 27.9 Å². The first-order valence-corrected chi connectivity index (χ1v) is 8.73. The topological polar surface area (TPSA) is 63.2 Å². The third kappa shape index (κ3) is 4.24. The molecule has 5 nitrogen and oxygen atoms in total. The molecule has 0 atom stereocenters. The van der Waals surface area contributed by atoms with Crippen molar-refractivity contribution in [1.29, 1.82) is 0 Å². The SMILES string of the molecule is CNC1(COc2cnc(Cl)c(-c3ccc(NC(C)=O)c(Cl)c3)c2)CC1. The molecular formula is C18H19Cl2N3O2. The average Bonchev–Trinajstić information content (AvgIpc) is 3.36. The first-order chi connectivity index (χ1) is 11.9. The summed E-state index contributed by atoms with van der Waals surface area (Å²) >= 11 is 12.5. The van der Waals surface area contributed by atoms with Crippen LogP contribution in [0.1, 0.15) is 19.8 Å². The van der Waals surface area contributed by atoms with Crippen molar-refractivity contribution in [3.05, 3.63) is 40.6 Å². The van der Waals surface area contributed by atoms with Gasteiger partial charge in [-0.15, -0.1) is 0 Å². The van der Waals surface area contributed by atoms with Gasteiger partial charge >= 0.3 is 0 Å². The van der Waals surface area contributed by atoms with E-state index in [1.54, 1.807) is 18.3 Å². The lowest BCUT2D eigenvalue weighted by Gasteiger charge is -2.16. The number of carbonyl (C=O) groups is 1. The van der Waals surface area contributed by atoms with Crippen molar-refractivity contribution in [1.82, 2.24) is 10.3 Å². The van der Waals surface area contributed by atoms with E-state index in [1.165, 1.54) is 6.92 Å². The molecule has 25 heavy (non-hydrogen) atoms. The van der Waals surface area contributed by atoms with Crippen LogP contribution in [-0.4, -0.2) is 30.1 Å². The number of ether oxygens (including phenoxy) is 1. The summed E-state index contributed by atoms with van der Waals surface area (Å²) in [5.41, 5.74) is 2.17.